The minimum Gasteiger partial charge on any atom is -0.434 e. The van der Waals surface area contributed by atoms with E-state index in [0.717, 1.165) is 5.56 Å². The van der Waals surface area contributed by atoms with Gasteiger partial charge in [-0.05, 0) is 53.5 Å². The third-order valence-corrected chi connectivity index (χ3v) is 5.00. The second-order valence-corrected chi connectivity index (χ2v) is 7.59. The third kappa shape index (κ3) is 4.42. The maximum atomic E-state index is 12.4. The molecule has 0 saturated heterocycles. The monoisotopic (exact) mass is 417 g/mol. The largest absolute Gasteiger partial charge is 0.434 e. The van der Waals surface area contributed by atoms with Gasteiger partial charge < -0.3 is 9.73 Å². The highest BCUT2D eigenvalue weighted by Gasteiger charge is 2.12. The van der Waals surface area contributed by atoms with Crippen LogP contribution in [0.1, 0.15) is 30.9 Å². The molecule has 1 N–H and O–H groups in total. The number of nitrogens with one attached hydrogen (secondary N) is 1. The van der Waals surface area contributed by atoms with Crippen LogP contribution in [0, 0.1) is 0 Å². The molecule has 0 spiro atoms. The number of nitrogens with zero attached hydrogens (tertiary/aromatic N) is 2. The van der Waals surface area contributed by atoms with Crippen LogP contribution in [0.25, 0.3) is 28.8 Å². The molecule has 0 aliphatic heterocycles. The van der Waals surface area contributed by atoms with E-state index in [1.807, 2.05) is 12.1 Å². The summed E-state index contributed by atoms with van der Waals surface area (Å²) >= 11 is 6.27. The Labute approximate surface area is 179 Å². The van der Waals surface area contributed by atoms with Crippen LogP contribution in [0.5, 0.6) is 0 Å². The quantitative estimate of drug-likeness (QED) is 0.386. The zero-order valence-electron chi connectivity index (χ0n) is 16.6. The first-order valence-corrected chi connectivity index (χ1v) is 9.98. The van der Waals surface area contributed by atoms with Crippen molar-refractivity contribution in [1.29, 1.82) is 0 Å². The van der Waals surface area contributed by atoms with Gasteiger partial charge in [0, 0.05) is 17.8 Å². The fourth-order valence-corrected chi connectivity index (χ4v) is 3.15. The Morgan fingerprint density at radius 3 is 2.67 bits per heavy atom. The number of pyridine rings is 1. The number of hydrogen-bond acceptors (Lipinski definition) is 4. The summed E-state index contributed by atoms with van der Waals surface area (Å²) in [6.45, 7) is 4.29. The second kappa shape index (κ2) is 8.51. The first-order valence-electron chi connectivity index (χ1n) is 9.60. The Kier molecular flexibility index (Phi) is 5.63. The molecule has 0 unspecified atom stereocenters. The molecule has 6 heteroatoms. The van der Waals surface area contributed by atoms with Crippen LogP contribution < -0.4 is 5.32 Å². The van der Waals surface area contributed by atoms with Gasteiger partial charge in [-0.1, -0.05) is 49.7 Å². The van der Waals surface area contributed by atoms with Crippen LogP contribution in [0.3, 0.4) is 0 Å². The molecule has 0 radical (unpaired) electrons. The zero-order chi connectivity index (χ0) is 21.1. The predicted octanol–water partition coefficient (Wildman–Crippen LogP) is 6.32. The van der Waals surface area contributed by atoms with Gasteiger partial charge in [0.25, 0.3) is 0 Å². The Morgan fingerprint density at radius 2 is 1.93 bits per heavy atom. The van der Waals surface area contributed by atoms with Crippen LogP contribution in [0.2, 0.25) is 5.02 Å². The number of fused-ring (bicyclic) bond motifs is 1. The van der Waals surface area contributed by atoms with Gasteiger partial charge in [0.15, 0.2) is 11.2 Å². The van der Waals surface area contributed by atoms with Gasteiger partial charge in [-0.25, -0.2) is 4.98 Å². The number of carbonyl (C=O) groups is 1. The van der Waals surface area contributed by atoms with Crippen LogP contribution in [0.15, 0.2) is 71.3 Å². The van der Waals surface area contributed by atoms with Crippen molar-refractivity contribution in [1.82, 2.24) is 9.97 Å². The average Bonchev–Trinajstić information content (AvgIpc) is 3.18. The summed E-state index contributed by atoms with van der Waals surface area (Å²) in [5, 5.41) is 3.24. The number of carbonyl (C=O) groups excluding carboxylic acids is 1. The third-order valence-electron chi connectivity index (χ3n) is 4.67. The topological polar surface area (TPSA) is 68.0 Å². The van der Waals surface area contributed by atoms with Crippen molar-refractivity contribution in [2.24, 2.45) is 0 Å². The minimum atomic E-state index is -0.277. The molecule has 0 aliphatic rings. The predicted molar refractivity (Wildman–Crippen MR) is 120 cm³/mol. The lowest BCUT2D eigenvalue weighted by Gasteiger charge is -2.07. The molecule has 2 heterocycles. The lowest BCUT2D eigenvalue weighted by Crippen LogP contribution is -2.08. The van der Waals surface area contributed by atoms with Crippen molar-refractivity contribution in [2.45, 2.75) is 19.8 Å². The van der Waals surface area contributed by atoms with Crippen molar-refractivity contribution in [3.63, 3.8) is 0 Å². The lowest BCUT2D eigenvalue weighted by molar-refractivity contribution is -0.111. The van der Waals surface area contributed by atoms with Crippen molar-refractivity contribution < 1.29 is 9.21 Å². The fraction of sp³-hybridized carbons (Fsp3) is 0.125. The zero-order valence-corrected chi connectivity index (χ0v) is 17.4. The molecule has 0 aliphatic carbocycles. The number of amides is 1. The highest BCUT2D eigenvalue weighted by molar-refractivity contribution is 6.34. The summed E-state index contributed by atoms with van der Waals surface area (Å²) in [6.07, 6.45) is 4.91. The first-order chi connectivity index (χ1) is 14.5. The van der Waals surface area contributed by atoms with Crippen molar-refractivity contribution in [2.75, 3.05) is 5.32 Å². The molecule has 0 atom stereocenters. The highest BCUT2D eigenvalue weighted by atomic mass is 35.5. The Morgan fingerprint density at radius 1 is 1.13 bits per heavy atom. The van der Waals surface area contributed by atoms with E-state index in [4.69, 9.17) is 16.0 Å². The van der Waals surface area contributed by atoms with Gasteiger partial charge in [-0.2, -0.15) is 4.98 Å². The molecule has 2 aromatic heterocycles. The van der Waals surface area contributed by atoms with Crippen molar-refractivity contribution in [3.05, 3.63) is 83.0 Å². The lowest BCUT2D eigenvalue weighted by atomic mass is 10.0. The van der Waals surface area contributed by atoms with E-state index in [9.17, 15) is 4.79 Å². The number of benzene rings is 2. The maximum Gasteiger partial charge on any atom is 0.248 e. The summed E-state index contributed by atoms with van der Waals surface area (Å²) in [5.41, 5.74) is 4.51. The second-order valence-electron chi connectivity index (χ2n) is 7.18. The van der Waals surface area contributed by atoms with Gasteiger partial charge in [0.1, 0.15) is 0 Å². The smallest absolute Gasteiger partial charge is 0.248 e. The Bertz CT molecular complexity index is 1190. The van der Waals surface area contributed by atoms with Gasteiger partial charge in [-0.15, -0.1) is 0 Å². The molecular formula is C24H20ClN3O2. The average molecular weight is 418 g/mol. The van der Waals surface area contributed by atoms with Gasteiger partial charge >= 0.3 is 0 Å². The minimum absolute atomic E-state index is 0.277. The number of anilines is 1. The van der Waals surface area contributed by atoms with Crippen molar-refractivity contribution >= 4 is 40.5 Å². The van der Waals surface area contributed by atoms with Gasteiger partial charge in [0.05, 0.1) is 10.7 Å². The number of hydrogen-bond donors (Lipinski definition) is 1. The van der Waals surface area contributed by atoms with E-state index in [1.165, 1.54) is 11.6 Å². The number of aromatic nitrogens is 2. The SMILES string of the molecule is CC(C)c1ccc(C=CC(=O)Nc2cc(-c3nc4ncccc4o3)ccc2Cl)cc1. The van der Waals surface area contributed by atoms with E-state index < -0.39 is 0 Å². The van der Waals surface area contributed by atoms with Crippen LogP contribution in [-0.4, -0.2) is 15.9 Å². The van der Waals surface area contributed by atoms with Crippen LogP contribution >= 0.6 is 11.6 Å². The molecule has 0 saturated carbocycles. The normalized spacial score (nSPS) is 11.5. The Hall–Kier alpha value is -3.44. The fourth-order valence-electron chi connectivity index (χ4n) is 2.98. The van der Waals surface area contributed by atoms with E-state index in [2.05, 4.69) is 41.3 Å². The first kappa shape index (κ1) is 19.9. The molecule has 0 fully saturated rings. The standard InChI is InChI=1S/C24H20ClN3O2/c1-15(2)17-8-5-16(6-9-17)7-12-22(29)27-20-14-18(10-11-19(20)25)24-28-23-21(30-24)4-3-13-26-23/h3-15H,1-2H3,(H,27,29). The summed E-state index contributed by atoms with van der Waals surface area (Å²) in [6, 6.07) is 16.9. The molecule has 2 aromatic carbocycles. The molecule has 0 bridgehead atoms. The summed E-state index contributed by atoms with van der Waals surface area (Å²) in [5.74, 6) is 0.607. The van der Waals surface area contributed by atoms with Crippen molar-refractivity contribution in [3.8, 4) is 11.5 Å². The molecule has 5 nitrogen and oxygen atoms in total. The highest BCUT2D eigenvalue weighted by Crippen LogP contribution is 2.30. The van der Waals surface area contributed by atoms with Crippen LogP contribution in [-0.2, 0) is 4.79 Å². The van der Waals surface area contributed by atoms with Gasteiger partial charge in [-0.3, -0.25) is 4.79 Å². The van der Waals surface area contributed by atoms with Gasteiger partial charge in [0.2, 0.25) is 11.8 Å². The van der Waals surface area contributed by atoms with E-state index in [0.29, 0.717) is 39.3 Å². The van der Waals surface area contributed by atoms with E-state index in [-0.39, 0.29) is 5.91 Å². The molecule has 30 heavy (non-hydrogen) atoms. The summed E-state index contributed by atoms with van der Waals surface area (Å²) < 4.78 is 5.74. The molecule has 4 rings (SSSR count). The summed E-state index contributed by atoms with van der Waals surface area (Å²) in [7, 11) is 0. The molecule has 150 valence electrons. The van der Waals surface area contributed by atoms with Crippen LogP contribution in [0.4, 0.5) is 5.69 Å². The summed E-state index contributed by atoms with van der Waals surface area (Å²) in [4.78, 5) is 21.0. The molecular weight excluding hydrogens is 398 g/mol. The maximum absolute atomic E-state index is 12.4. The van der Waals surface area contributed by atoms with E-state index >= 15 is 0 Å². The Balaban J connectivity index is 1.51. The van der Waals surface area contributed by atoms with E-state index in [1.54, 1.807) is 42.6 Å². The number of rotatable bonds is 5. The molecule has 1 amide bonds. The molecule has 4 aromatic rings. The number of halogens is 1. The number of oxazole rings is 1.